The molecule has 0 saturated carbocycles. The zero-order valence-electron chi connectivity index (χ0n) is 31.1. The highest BCUT2D eigenvalue weighted by Crippen LogP contribution is 2.31. The number of Topliss-reactive ketones (excluding diaryl/α,β-unsaturated/α-hetero) is 1. The van der Waals surface area contributed by atoms with Gasteiger partial charge in [-0.15, -0.1) is 10.2 Å². The normalized spacial score (nSPS) is 13.9. The first-order valence-electron chi connectivity index (χ1n) is 18.0. The molecule has 4 atom stereocenters. The second-order valence-corrected chi connectivity index (χ2v) is 13.8. The van der Waals surface area contributed by atoms with E-state index in [1.54, 1.807) is 61.5 Å². The van der Waals surface area contributed by atoms with E-state index in [0.29, 0.717) is 45.2 Å². The van der Waals surface area contributed by atoms with Crippen LogP contribution in [0.2, 0.25) is 10.0 Å². The molecule has 56 heavy (non-hydrogen) atoms. The lowest BCUT2D eigenvalue weighted by Gasteiger charge is -2.19. The molecule has 6 rings (SSSR count). The van der Waals surface area contributed by atoms with Gasteiger partial charge >= 0.3 is 0 Å². The molecule has 11 nitrogen and oxygen atoms in total. The average molecular weight is 797 g/mol. The molecule has 4 aromatic carbocycles. The van der Waals surface area contributed by atoms with Crippen molar-refractivity contribution in [2.75, 3.05) is 19.8 Å². The summed E-state index contributed by atoms with van der Waals surface area (Å²) in [5.74, 6) is -0.905. The van der Waals surface area contributed by atoms with Crippen LogP contribution in [0.15, 0.2) is 101 Å². The van der Waals surface area contributed by atoms with Gasteiger partial charge in [0.15, 0.2) is 5.78 Å². The van der Waals surface area contributed by atoms with Crippen LogP contribution < -0.4 is 5.32 Å². The Morgan fingerprint density at radius 1 is 0.786 bits per heavy atom. The number of carbonyl (C=O) groups excluding carboxylic acids is 2. The number of nitrogens with one attached hydrogen (secondary N) is 1. The van der Waals surface area contributed by atoms with E-state index in [9.17, 15) is 19.8 Å². The number of ether oxygens (including phenoxy) is 1. The van der Waals surface area contributed by atoms with Crippen LogP contribution in [0.4, 0.5) is 11.4 Å². The molecule has 0 radical (unpaired) electrons. The van der Waals surface area contributed by atoms with Gasteiger partial charge in [-0.25, -0.2) is 9.69 Å². The van der Waals surface area contributed by atoms with Crippen molar-refractivity contribution in [2.24, 2.45) is 5.92 Å². The lowest BCUT2D eigenvalue weighted by molar-refractivity contribution is -0.127. The largest absolute Gasteiger partial charge is 0.420 e. The first-order valence-corrected chi connectivity index (χ1v) is 18.8. The quantitative estimate of drug-likeness (QED) is 0.0840. The van der Waals surface area contributed by atoms with Crippen LogP contribution in [0, 0.1) is 19.1 Å². The van der Waals surface area contributed by atoms with Gasteiger partial charge in [-0.1, -0.05) is 108 Å². The average Bonchev–Trinajstić information content (AvgIpc) is 3.96. The van der Waals surface area contributed by atoms with Gasteiger partial charge in [-0.05, 0) is 62.8 Å². The van der Waals surface area contributed by atoms with Crippen molar-refractivity contribution < 1.29 is 29.0 Å². The fourth-order valence-corrected chi connectivity index (χ4v) is 6.10. The molecule has 1 fully saturated rings. The Balaban J connectivity index is 0.000000221. The van der Waals surface area contributed by atoms with Crippen molar-refractivity contribution in [3.8, 4) is 11.5 Å². The molecule has 1 amide bonds. The van der Waals surface area contributed by atoms with Crippen LogP contribution in [-0.2, 0) is 22.4 Å². The number of carbonyl (C=O) groups is 2. The number of aliphatic hydroxyl groups is 2. The molecule has 1 saturated heterocycles. The molecule has 290 valence electrons. The molecule has 5 aromatic rings. The third-order valence-corrected chi connectivity index (χ3v) is 9.41. The fourth-order valence-electron chi connectivity index (χ4n) is 5.61. The van der Waals surface area contributed by atoms with E-state index >= 15 is 0 Å². The number of benzene rings is 4. The minimum Gasteiger partial charge on any atom is -0.420 e. The summed E-state index contributed by atoms with van der Waals surface area (Å²) in [7, 11) is 0. The topological polar surface area (TPSA) is 144 Å². The molecule has 13 heteroatoms. The van der Waals surface area contributed by atoms with Crippen LogP contribution in [-0.4, -0.2) is 64.1 Å². The molecule has 1 aliphatic heterocycles. The van der Waals surface area contributed by atoms with E-state index < -0.39 is 24.0 Å². The Hall–Kier alpha value is -5.40. The maximum Gasteiger partial charge on any atom is 0.247 e. The van der Waals surface area contributed by atoms with Crippen LogP contribution in [0.25, 0.3) is 21.1 Å². The number of ketones is 1. The Morgan fingerprint density at radius 3 is 1.82 bits per heavy atom. The van der Waals surface area contributed by atoms with Crippen LogP contribution in [0.5, 0.6) is 0 Å². The maximum atomic E-state index is 12.4. The molecular formula is C43H43Cl2N5O6. The highest BCUT2D eigenvalue weighted by Gasteiger charge is 2.26. The zero-order chi connectivity index (χ0) is 40.5. The molecule has 1 aliphatic rings. The van der Waals surface area contributed by atoms with E-state index in [1.807, 2.05) is 42.5 Å². The number of rotatable bonds is 12. The zero-order valence-corrected chi connectivity index (χ0v) is 32.6. The highest BCUT2D eigenvalue weighted by atomic mass is 35.5. The molecule has 2 heterocycles. The molecule has 1 aromatic heterocycles. The van der Waals surface area contributed by atoms with Gasteiger partial charge in [0.05, 0.1) is 43.7 Å². The molecule has 3 N–H and O–H groups in total. The second-order valence-electron chi connectivity index (χ2n) is 13.0. The predicted octanol–water partition coefficient (Wildman–Crippen LogP) is 8.87. The molecule has 0 aliphatic carbocycles. The summed E-state index contributed by atoms with van der Waals surface area (Å²) in [4.78, 5) is 31.2. The minimum absolute atomic E-state index is 0.135. The van der Waals surface area contributed by atoms with E-state index in [2.05, 4.69) is 25.2 Å². The number of nitrogens with zero attached hydrogens (tertiary/aromatic N) is 4. The van der Waals surface area contributed by atoms with Gasteiger partial charge in [0.2, 0.25) is 29.1 Å². The van der Waals surface area contributed by atoms with Crippen molar-refractivity contribution >= 4 is 46.3 Å². The lowest BCUT2D eigenvalue weighted by Crippen LogP contribution is -2.40. The summed E-state index contributed by atoms with van der Waals surface area (Å²) in [6, 6.07) is 28.3. The Kier molecular flexibility index (Phi) is 17.2. The van der Waals surface area contributed by atoms with Gasteiger partial charge in [-0.2, -0.15) is 0 Å². The van der Waals surface area contributed by atoms with Crippen molar-refractivity contribution in [3.05, 3.63) is 153 Å². The van der Waals surface area contributed by atoms with Crippen LogP contribution in [0.1, 0.15) is 60.0 Å². The van der Waals surface area contributed by atoms with Gasteiger partial charge in [-0.3, -0.25) is 9.59 Å². The molecular weight excluding hydrogens is 753 g/mol. The minimum atomic E-state index is -0.902. The van der Waals surface area contributed by atoms with Gasteiger partial charge in [0, 0.05) is 34.4 Å². The first kappa shape index (κ1) is 43.3. The van der Waals surface area contributed by atoms with Crippen molar-refractivity contribution in [3.63, 3.8) is 0 Å². The van der Waals surface area contributed by atoms with Crippen molar-refractivity contribution in [1.29, 1.82) is 0 Å². The SMILES string of the molecule is C1CCOC1.[C-]#[N+]c1ccc(C[C@@H](C(=O)NCC(=O)c2ccccc2)[C@H](C)O)cc1Cl.[C-]#[N+]c1ccc(C[C@@H](c2nnc(-c3ccccc3)o2)[C@H](C)O)cc1Cl. The van der Waals surface area contributed by atoms with Gasteiger partial charge in [0.1, 0.15) is 0 Å². The molecule has 0 unspecified atom stereocenters. The summed E-state index contributed by atoms with van der Waals surface area (Å²) in [6.07, 6.45) is 1.71. The predicted molar refractivity (Wildman–Crippen MR) is 216 cm³/mol. The number of hydrogen-bond acceptors (Lipinski definition) is 8. The summed E-state index contributed by atoms with van der Waals surface area (Å²) >= 11 is 12.1. The van der Waals surface area contributed by atoms with E-state index in [-0.39, 0.29) is 24.7 Å². The third kappa shape index (κ3) is 13.1. The monoisotopic (exact) mass is 795 g/mol. The molecule has 0 spiro atoms. The number of halogens is 2. The van der Waals surface area contributed by atoms with E-state index in [1.165, 1.54) is 19.8 Å². The highest BCUT2D eigenvalue weighted by molar-refractivity contribution is 6.33. The summed E-state index contributed by atoms with van der Waals surface area (Å²) < 4.78 is 10.7. The van der Waals surface area contributed by atoms with Gasteiger partial charge < -0.3 is 24.7 Å². The summed E-state index contributed by atoms with van der Waals surface area (Å²) in [5, 5.41) is 31.6. The smallest absolute Gasteiger partial charge is 0.247 e. The first-order chi connectivity index (χ1) is 27.0. The second kappa shape index (κ2) is 22.2. The van der Waals surface area contributed by atoms with Crippen molar-refractivity contribution in [2.45, 2.75) is 57.7 Å². The summed E-state index contributed by atoms with van der Waals surface area (Å²) in [6.45, 7) is 19.1. The maximum absolute atomic E-state index is 12.4. The number of aliphatic hydroxyl groups excluding tert-OH is 2. The Labute approximate surface area is 336 Å². The Morgan fingerprint density at radius 2 is 1.34 bits per heavy atom. The van der Waals surface area contributed by atoms with Crippen molar-refractivity contribution in [1.82, 2.24) is 15.5 Å². The van der Waals surface area contributed by atoms with Gasteiger partial charge in [0.25, 0.3) is 0 Å². The number of hydrogen-bond donors (Lipinski definition) is 3. The van der Waals surface area contributed by atoms with E-state index in [0.717, 1.165) is 29.9 Å². The van der Waals surface area contributed by atoms with Crippen LogP contribution in [0.3, 0.4) is 0 Å². The Bertz CT molecular complexity index is 2100. The lowest BCUT2D eigenvalue weighted by atomic mass is 9.93. The standard InChI is InChI=1S/C20H19ClN2O3.C19H16ClN3O2.C4H8O/c1-13(24)16(10-14-8-9-18(22-2)17(21)11-14)20(26)23-12-19(25)15-6-4-3-5-7-15;1-12(24)15(10-13-8-9-17(21-2)16(20)11-13)19-23-22-18(25-19)14-6-4-3-5-7-14;1-2-4-5-3-1/h3-9,11,13,16,24H,10,12H2,1H3,(H,23,26);3-9,11-12,15,24H,10H2,1H3;1-4H2/t13-,16+;12-,15+;/m00./s1. The van der Waals surface area contributed by atoms with Crippen LogP contribution >= 0.6 is 23.2 Å². The number of amides is 1. The number of aromatic nitrogens is 2. The molecule has 0 bridgehead atoms. The third-order valence-electron chi connectivity index (χ3n) is 8.80. The van der Waals surface area contributed by atoms with E-state index in [4.69, 9.17) is 45.5 Å². The fraction of sp³-hybridized carbons (Fsp3) is 0.302. The summed E-state index contributed by atoms with van der Waals surface area (Å²) in [5.41, 5.74) is 3.71.